The summed E-state index contributed by atoms with van der Waals surface area (Å²) in [5.41, 5.74) is 9.23. The molecule has 1 aromatic carbocycles. The van der Waals surface area contributed by atoms with Gasteiger partial charge in [0.15, 0.2) is 0 Å². The zero-order valence-corrected chi connectivity index (χ0v) is 11.3. The van der Waals surface area contributed by atoms with Crippen LogP contribution in [0.1, 0.15) is 11.1 Å². The highest BCUT2D eigenvalue weighted by Crippen LogP contribution is 2.26. The summed E-state index contributed by atoms with van der Waals surface area (Å²) in [6.07, 6.45) is 1.85. The molecule has 0 bridgehead atoms. The number of halogens is 1. The van der Waals surface area contributed by atoms with Crippen LogP contribution in [0.2, 0.25) is 0 Å². The van der Waals surface area contributed by atoms with Crippen LogP contribution in [0.4, 0.5) is 4.39 Å². The number of aryl methyl sites for hydroxylation is 1. The van der Waals surface area contributed by atoms with Crippen LogP contribution in [0, 0.1) is 12.7 Å². The number of nitrogens with zero attached hydrogens (tertiary/aromatic N) is 2. The first-order valence-electron chi connectivity index (χ1n) is 6.29. The molecule has 0 saturated carbocycles. The summed E-state index contributed by atoms with van der Waals surface area (Å²) in [4.78, 5) is 2.11. The average molecular weight is 262 g/mol. The fourth-order valence-corrected chi connectivity index (χ4v) is 2.11. The maximum absolute atomic E-state index is 13.4. The van der Waals surface area contributed by atoms with Gasteiger partial charge in [0.05, 0.1) is 5.69 Å². The second-order valence-corrected chi connectivity index (χ2v) is 4.74. The minimum atomic E-state index is -0.245. The first-order chi connectivity index (χ1) is 9.11. The van der Waals surface area contributed by atoms with Crippen molar-refractivity contribution in [2.75, 3.05) is 20.1 Å². The molecule has 5 heteroatoms. The van der Waals surface area contributed by atoms with Gasteiger partial charge in [-0.15, -0.1) is 0 Å². The van der Waals surface area contributed by atoms with Crippen LogP contribution in [0.5, 0.6) is 0 Å². The smallest absolute Gasteiger partial charge is 0.123 e. The molecule has 0 amide bonds. The molecule has 0 saturated heterocycles. The molecule has 0 spiro atoms. The van der Waals surface area contributed by atoms with Crippen LogP contribution < -0.4 is 5.73 Å². The Morgan fingerprint density at radius 1 is 1.42 bits per heavy atom. The van der Waals surface area contributed by atoms with Crippen molar-refractivity contribution >= 4 is 0 Å². The Balaban J connectivity index is 2.31. The van der Waals surface area contributed by atoms with Gasteiger partial charge in [-0.3, -0.25) is 5.10 Å². The second-order valence-electron chi connectivity index (χ2n) is 4.74. The van der Waals surface area contributed by atoms with Gasteiger partial charge in [-0.1, -0.05) is 6.07 Å². The Bertz CT molecular complexity index is 550. The number of nitrogens with two attached hydrogens (primary N) is 1. The zero-order valence-electron chi connectivity index (χ0n) is 11.3. The van der Waals surface area contributed by atoms with Crippen LogP contribution in [-0.2, 0) is 6.54 Å². The predicted molar refractivity (Wildman–Crippen MR) is 74.1 cm³/mol. The molecule has 102 valence electrons. The van der Waals surface area contributed by atoms with Crippen molar-refractivity contribution in [3.8, 4) is 11.3 Å². The monoisotopic (exact) mass is 262 g/mol. The Kier molecular flexibility index (Phi) is 4.29. The standard InChI is InChI=1S/C14H19FN4/c1-10-3-4-12(15)7-13(10)14-11(8-17-18-14)9-19(2)6-5-16/h3-4,7-8H,5-6,9,16H2,1-2H3,(H,17,18). The molecule has 0 aliphatic heterocycles. The molecule has 0 radical (unpaired) electrons. The van der Waals surface area contributed by atoms with Crippen LogP contribution in [0.3, 0.4) is 0 Å². The van der Waals surface area contributed by atoms with E-state index < -0.39 is 0 Å². The lowest BCUT2D eigenvalue weighted by molar-refractivity contribution is 0.337. The maximum Gasteiger partial charge on any atom is 0.123 e. The van der Waals surface area contributed by atoms with E-state index in [4.69, 9.17) is 5.73 Å². The zero-order chi connectivity index (χ0) is 13.8. The highest BCUT2D eigenvalue weighted by atomic mass is 19.1. The molecule has 4 nitrogen and oxygen atoms in total. The number of H-pyrrole nitrogens is 1. The molecular weight excluding hydrogens is 243 g/mol. The Hall–Kier alpha value is -1.72. The summed E-state index contributed by atoms with van der Waals surface area (Å²) in [5, 5.41) is 7.11. The van der Waals surface area contributed by atoms with Crippen LogP contribution in [0.15, 0.2) is 24.4 Å². The number of hydrogen-bond donors (Lipinski definition) is 2. The van der Waals surface area contributed by atoms with E-state index in [9.17, 15) is 4.39 Å². The molecule has 0 aliphatic carbocycles. The fraction of sp³-hybridized carbons (Fsp3) is 0.357. The summed E-state index contributed by atoms with van der Waals surface area (Å²) >= 11 is 0. The molecule has 19 heavy (non-hydrogen) atoms. The first kappa shape index (κ1) is 13.7. The number of aromatic nitrogens is 2. The van der Waals surface area contributed by atoms with E-state index >= 15 is 0 Å². The van der Waals surface area contributed by atoms with E-state index in [1.807, 2.05) is 20.2 Å². The van der Waals surface area contributed by atoms with Crippen molar-refractivity contribution in [3.63, 3.8) is 0 Å². The van der Waals surface area contributed by atoms with E-state index in [1.54, 1.807) is 6.07 Å². The van der Waals surface area contributed by atoms with Crippen LogP contribution >= 0.6 is 0 Å². The van der Waals surface area contributed by atoms with Gasteiger partial charge >= 0.3 is 0 Å². The number of nitrogens with one attached hydrogen (secondary N) is 1. The van der Waals surface area contributed by atoms with Crippen LogP contribution in [-0.4, -0.2) is 35.2 Å². The topological polar surface area (TPSA) is 57.9 Å². The SMILES string of the molecule is Cc1ccc(F)cc1-c1n[nH]cc1CN(C)CCN. The molecule has 0 unspecified atom stereocenters. The lowest BCUT2D eigenvalue weighted by Crippen LogP contribution is -2.25. The van der Waals surface area contributed by atoms with Gasteiger partial charge in [0.25, 0.3) is 0 Å². The largest absolute Gasteiger partial charge is 0.329 e. The minimum Gasteiger partial charge on any atom is -0.329 e. The lowest BCUT2D eigenvalue weighted by Gasteiger charge is -2.15. The summed E-state index contributed by atoms with van der Waals surface area (Å²) in [6, 6.07) is 4.76. The van der Waals surface area contributed by atoms with Crippen molar-refractivity contribution in [3.05, 3.63) is 41.3 Å². The molecule has 0 fully saturated rings. The minimum absolute atomic E-state index is 0.245. The van der Waals surface area contributed by atoms with Gasteiger partial charge < -0.3 is 10.6 Å². The summed E-state index contributed by atoms with van der Waals surface area (Å²) in [7, 11) is 2.00. The predicted octanol–water partition coefficient (Wildman–Crippen LogP) is 1.91. The summed E-state index contributed by atoms with van der Waals surface area (Å²) < 4.78 is 13.4. The third-order valence-corrected chi connectivity index (χ3v) is 3.13. The third kappa shape index (κ3) is 3.19. The summed E-state index contributed by atoms with van der Waals surface area (Å²) in [6.45, 7) is 4.12. The molecule has 1 heterocycles. The number of hydrogen-bond acceptors (Lipinski definition) is 3. The third-order valence-electron chi connectivity index (χ3n) is 3.13. The van der Waals surface area contributed by atoms with Crippen molar-refractivity contribution < 1.29 is 4.39 Å². The normalized spacial score (nSPS) is 11.2. The van der Waals surface area contributed by atoms with Crippen LogP contribution in [0.25, 0.3) is 11.3 Å². The van der Waals surface area contributed by atoms with Gasteiger partial charge in [0.1, 0.15) is 5.82 Å². The molecule has 2 aromatic rings. The molecule has 3 N–H and O–H groups in total. The average Bonchev–Trinajstić information content (AvgIpc) is 2.80. The molecule has 0 atom stereocenters. The maximum atomic E-state index is 13.4. The Morgan fingerprint density at radius 3 is 2.95 bits per heavy atom. The number of likely N-dealkylation sites (N-methyl/N-ethyl adjacent to an activating group) is 1. The highest BCUT2D eigenvalue weighted by Gasteiger charge is 2.13. The van der Waals surface area contributed by atoms with Crippen molar-refractivity contribution in [1.82, 2.24) is 15.1 Å². The molecule has 0 aliphatic rings. The number of aromatic amines is 1. The van der Waals surface area contributed by atoms with E-state index in [-0.39, 0.29) is 5.82 Å². The lowest BCUT2D eigenvalue weighted by atomic mass is 10.0. The van der Waals surface area contributed by atoms with E-state index in [0.717, 1.165) is 35.5 Å². The van der Waals surface area contributed by atoms with Crippen molar-refractivity contribution in [1.29, 1.82) is 0 Å². The van der Waals surface area contributed by atoms with E-state index in [0.29, 0.717) is 6.54 Å². The quantitative estimate of drug-likeness (QED) is 0.865. The highest BCUT2D eigenvalue weighted by molar-refractivity contribution is 5.66. The van der Waals surface area contributed by atoms with Gasteiger partial charge in [-0.05, 0) is 31.7 Å². The Labute approximate surface area is 112 Å². The van der Waals surface area contributed by atoms with Gasteiger partial charge in [-0.25, -0.2) is 4.39 Å². The fourth-order valence-electron chi connectivity index (χ4n) is 2.11. The van der Waals surface area contributed by atoms with Gasteiger partial charge in [0.2, 0.25) is 0 Å². The van der Waals surface area contributed by atoms with Crippen molar-refractivity contribution in [2.24, 2.45) is 5.73 Å². The number of rotatable bonds is 5. The Morgan fingerprint density at radius 2 is 2.21 bits per heavy atom. The number of benzene rings is 1. The second kappa shape index (κ2) is 5.95. The summed E-state index contributed by atoms with van der Waals surface area (Å²) in [5.74, 6) is -0.245. The molecule has 1 aromatic heterocycles. The first-order valence-corrected chi connectivity index (χ1v) is 6.29. The molecule has 2 rings (SSSR count). The molecular formula is C14H19FN4. The van der Waals surface area contributed by atoms with Gasteiger partial charge in [-0.2, -0.15) is 5.10 Å². The van der Waals surface area contributed by atoms with E-state index in [1.165, 1.54) is 12.1 Å². The van der Waals surface area contributed by atoms with E-state index in [2.05, 4.69) is 15.1 Å². The van der Waals surface area contributed by atoms with Gasteiger partial charge in [0, 0.05) is 37.0 Å². The van der Waals surface area contributed by atoms with Crippen molar-refractivity contribution in [2.45, 2.75) is 13.5 Å².